The third kappa shape index (κ3) is 6.02. The van der Waals surface area contributed by atoms with Gasteiger partial charge in [-0.15, -0.1) is 0 Å². The zero-order valence-electron chi connectivity index (χ0n) is 12.1. The van der Waals surface area contributed by atoms with E-state index in [1.807, 2.05) is 6.92 Å². The fourth-order valence-corrected chi connectivity index (χ4v) is 1.38. The van der Waals surface area contributed by atoms with E-state index in [9.17, 15) is 9.59 Å². The molecule has 0 aromatic heterocycles. The minimum Gasteiger partial charge on any atom is -0.459 e. The van der Waals surface area contributed by atoms with Gasteiger partial charge in [0.2, 0.25) is 0 Å². The lowest BCUT2D eigenvalue weighted by Crippen LogP contribution is -2.16. The van der Waals surface area contributed by atoms with Gasteiger partial charge in [0.15, 0.2) is 0 Å². The predicted molar refractivity (Wildman–Crippen MR) is 74.1 cm³/mol. The number of epoxide rings is 1. The Morgan fingerprint density at radius 1 is 1.45 bits per heavy atom. The van der Waals surface area contributed by atoms with Gasteiger partial charge >= 0.3 is 11.9 Å². The molecule has 1 aliphatic heterocycles. The van der Waals surface area contributed by atoms with Crippen LogP contribution in [0.1, 0.15) is 33.1 Å². The van der Waals surface area contributed by atoms with Crippen molar-refractivity contribution in [2.45, 2.75) is 44.8 Å². The SMILES string of the molecule is C=C(C)C(=O)OCC1CO1.C=CC(=O)OC1(CC)CC1. The van der Waals surface area contributed by atoms with Crippen LogP contribution in [0.25, 0.3) is 0 Å². The smallest absolute Gasteiger partial charge is 0.333 e. The molecule has 2 fully saturated rings. The van der Waals surface area contributed by atoms with Crippen LogP contribution in [0, 0.1) is 0 Å². The van der Waals surface area contributed by atoms with E-state index in [0.717, 1.165) is 19.3 Å². The second-order valence-corrected chi connectivity index (χ2v) is 5.00. The summed E-state index contributed by atoms with van der Waals surface area (Å²) in [5, 5.41) is 0. The van der Waals surface area contributed by atoms with Gasteiger partial charge in [-0.25, -0.2) is 9.59 Å². The third-order valence-corrected chi connectivity index (χ3v) is 3.09. The molecule has 5 heteroatoms. The summed E-state index contributed by atoms with van der Waals surface area (Å²) in [4.78, 5) is 21.4. The summed E-state index contributed by atoms with van der Waals surface area (Å²) < 4.78 is 14.7. The van der Waals surface area contributed by atoms with Gasteiger partial charge in [0.05, 0.1) is 6.61 Å². The average molecular weight is 282 g/mol. The topological polar surface area (TPSA) is 65.1 Å². The largest absolute Gasteiger partial charge is 0.459 e. The van der Waals surface area contributed by atoms with Crippen molar-refractivity contribution in [3.8, 4) is 0 Å². The highest BCUT2D eigenvalue weighted by atomic mass is 16.6. The summed E-state index contributed by atoms with van der Waals surface area (Å²) in [5.41, 5.74) is 0.325. The van der Waals surface area contributed by atoms with Gasteiger partial charge < -0.3 is 14.2 Å². The van der Waals surface area contributed by atoms with Gasteiger partial charge in [-0.1, -0.05) is 20.1 Å². The Balaban J connectivity index is 0.000000200. The summed E-state index contributed by atoms with van der Waals surface area (Å²) >= 11 is 0. The first-order valence-electron chi connectivity index (χ1n) is 6.72. The van der Waals surface area contributed by atoms with E-state index in [1.165, 1.54) is 6.08 Å². The van der Waals surface area contributed by atoms with E-state index in [1.54, 1.807) is 6.92 Å². The number of carbonyl (C=O) groups excluding carboxylic acids is 2. The molecular formula is C15H22O5. The van der Waals surface area contributed by atoms with Crippen LogP contribution in [0.2, 0.25) is 0 Å². The molecule has 1 heterocycles. The van der Waals surface area contributed by atoms with Crippen molar-refractivity contribution in [1.82, 2.24) is 0 Å². The van der Waals surface area contributed by atoms with E-state index in [0.29, 0.717) is 18.8 Å². The lowest BCUT2D eigenvalue weighted by atomic mass is 10.2. The molecule has 0 N–H and O–H groups in total. The number of ether oxygens (including phenoxy) is 3. The average Bonchev–Trinajstić information content (AvgIpc) is 3.32. The molecule has 1 aliphatic carbocycles. The van der Waals surface area contributed by atoms with Crippen molar-refractivity contribution in [1.29, 1.82) is 0 Å². The molecule has 0 spiro atoms. The first kappa shape index (κ1) is 16.4. The number of esters is 2. The molecule has 2 rings (SSSR count). The number of carbonyl (C=O) groups is 2. The van der Waals surface area contributed by atoms with Gasteiger partial charge in [0.25, 0.3) is 0 Å². The Labute approximate surface area is 119 Å². The monoisotopic (exact) mass is 282 g/mol. The molecule has 1 unspecified atom stereocenters. The molecule has 1 saturated heterocycles. The van der Waals surface area contributed by atoms with Crippen LogP contribution in [0.15, 0.2) is 24.8 Å². The molecule has 0 radical (unpaired) electrons. The highest BCUT2D eigenvalue weighted by Crippen LogP contribution is 2.42. The zero-order chi connectivity index (χ0) is 15.2. The lowest BCUT2D eigenvalue weighted by molar-refractivity contribution is -0.145. The molecule has 0 aromatic carbocycles. The Hall–Kier alpha value is -1.62. The third-order valence-electron chi connectivity index (χ3n) is 3.09. The minimum atomic E-state index is -0.337. The van der Waals surface area contributed by atoms with Crippen molar-refractivity contribution in [3.63, 3.8) is 0 Å². The Morgan fingerprint density at radius 2 is 2.05 bits per heavy atom. The summed E-state index contributed by atoms with van der Waals surface area (Å²) in [5.74, 6) is -0.630. The van der Waals surface area contributed by atoms with Gasteiger partial charge in [0.1, 0.15) is 18.3 Å². The van der Waals surface area contributed by atoms with Crippen LogP contribution < -0.4 is 0 Å². The molecule has 0 amide bonds. The van der Waals surface area contributed by atoms with Crippen LogP contribution in [0.4, 0.5) is 0 Å². The van der Waals surface area contributed by atoms with Gasteiger partial charge in [-0.3, -0.25) is 0 Å². The Kier molecular flexibility index (Phi) is 5.95. The lowest BCUT2D eigenvalue weighted by Gasteiger charge is -2.11. The number of rotatable bonds is 6. The highest BCUT2D eigenvalue weighted by molar-refractivity contribution is 5.86. The molecule has 0 bridgehead atoms. The molecule has 1 atom stereocenters. The van der Waals surface area contributed by atoms with Crippen LogP contribution in [0.5, 0.6) is 0 Å². The first-order valence-corrected chi connectivity index (χ1v) is 6.72. The van der Waals surface area contributed by atoms with Crippen LogP contribution in [-0.4, -0.2) is 36.9 Å². The minimum absolute atomic E-state index is 0.106. The molecule has 5 nitrogen and oxygen atoms in total. The van der Waals surface area contributed by atoms with E-state index in [-0.39, 0.29) is 23.6 Å². The summed E-state index contributed by atoms with van der Waals surface area (Å²) in [7, 11) is 0. The zero-order valence-corrected chi connectivity index (χ0v) is 12.1. The van der Waals surface area contributed by atoms with E-state index >= 15 is 0 Å². The van der Waals surface area contributed by atoms with Crippen molar-refractivity contribution >= 4 is 11.9 Å². The standard InChI is InChI=1S/C8H12O2.C7H10O3/c1-3-7(9)10-8(4-2)5-6-8;1-5(2)7(8)10-4-6-3-9-6/h3H,1,4-6H2,2H3;6H,1,3-4H2,2H3. The van der Waals surface area contributed by atoms with Crippen LogP contribution >= 0.6 is 0 Å². The quantitative estimate of drug-likeness (QED) is 0.424. The van der Waals surface area contributed by atoms with Crippen molar-refractivity contribution in [3.05, 3.63) is 24.8 Å². The highest BCUT2D eigenvalue weighted by Gasteiger charge is 2.44. The maximum absolute atomic E-state index is 10.7. The fraction of sp³-hybridized carbons (Fsp3) is 0.600. The molecule has 112 valence electrons. The van der Waals surface area contributed by atoms with Crippen LogP contribution in [-0.2, 0) is 23.8 Å². The Morgan fingerprint density at radius 3 is 2.40 bits per heavy atom. The van der Waals surface area contributed by atoms with Crippen molar-refractivity contribution in [2.75, 3.05) is 13.2 Å². The molecule has 0 aromatic rings. The summed E-state index contributed by atoms with van der Waals surface area (Å²) in [6.07, 6.45) is 4.32. The van der Waals surface area contributed by atoms with Gasteiger partial charge in [-0.05, 0) is 26.2 Å². The maximum atomic E-state index is 10.7. The van der Waals surface area contributed by atoms with E-state index < -0.39 is 0 Å². The molecule has 20 heavy (non-hydrogen) atoms. The molecule has 1 saturated carbocycles. The second-order valence-electron chi connectivity index (χ2n) is 5.00. The fourth-order valence-electron chi connectivity index (χ4n) is 1.38. The van der Waals surface area contributed by atoms with Crippen molar-refractivity contribution < 1.29 is 23.8 Å². The molecular weight excluding hydrogens is 260 g/mol. The molecule has 2 aliphatic rings. The van der Waals surface area contributed by atoms with Gasteiger partial charge in [0, 0.05) is 11.6 Å². The van der Waals surface area contributed by atoms with E-state index in [4.69, 9.17) is 14.2 Å². The van der Waals surface area contributed by atoms with Gasteiger partial charge in [-0.2, -0.15) is 0 Å². The maximum Gasteiger partial charge on any atom is 0.333 e. The second kappa shape index (κ2) is 7.24. The van der Waals surface area contributed by atoms with Crippen LogP contribution in [0.3, 0.4) is 0 Å². The number of hydrogen-bond donors (Lipinski definition) is 0. The Bertz CT molecular complexity index is 391. The summed E-state index contributed by atoms with van der Waals surface area (Å²) in [6, 6.07) is 0. The van der Waals surface area contributed by atoms with Crippen molar-refractivity contribution in [2.24, 2.45) is 0 Å². The first-order chi connectivity index (χ1) is 9.42. The summed E-state index contributed by atoms with van der Waals surface area (Å²) in [6.45, 7) is 11.5. The predicted octanol–water partition coefficient (Wildman–Crippen LogP) is 2.16. The number of hydrogen-bond acceptors (Lipinski definition) is 5. The van der Waals surface area contributed by atoms with E-state index in [2.05, 4.69) is 13.2 Å². The normalized spacial score (nSPS) is 20.8.